The van der Waals surface area contributed by atoms with Crippen LogP contribution in [0, 0.1) is 0 Å². The van der Waals surface area contributed by atoms with Crippen molar-refractivity contribution in [2.45, 2.75) is 70.5 Å². The lowest BCUT2D eigenvalue weighted by Gasteiger charge is -2.31. The third kappa shape index (κ3) is 5.56. The molecule has 198 valence electrons. The van der Waals surface area contributed by atoms with Gasteiger partial charge in [-0.2, -0.15) is 0 Å². The number of rotatable bonds is 9. The topological polar surface area (TPSA) is 69.7 Å². The predicted octanol–water partition coefficient (Wildman–Crippen LogP) is 6.10. The van der Waals surface area contributed by atoms with E-state index in [2.05, 4.69) is 5.32 Å². The molecule has 2 aliphatic rings. The summed E-state index contributed by atoms with van der Waals surface area (Å²) in [5.41, 5.74) is 2.52. The highest BCUT2D eigenvalue weighted by Crippen LogP contribution is 2.37. The smallest absolute Gasteiger partial charge is 0.258 e. The van der Waals surface area contributed by atoms with Crippen molar-refractivity contribution < 1.29 is 14.4 Å². The van der Waals surface area contributed by atoms with Crippen LogP contribution in [0.1, 0.15) is 67.8 Å². The maximum atomic E-state index is 13.5. The van der Waals surface area contributed by atoms with Crippen LogP contribution in [-0.2, 0) is 16.1 Å². The molecule has 38 heavy (non-hydrogen) atoms. The van der Waals surface area contributed by atoms with Crippen molar-refractivity contribution in [2.75, 3.05) is 11.4 Å². The quantitative estimate of drug-likeness (QED) is 0.362. The van der Waals surface area contributed by atoms with Crippen molar-refractivity contribution in [3.63, 3.8) is 0 Å². The molecule has 0 spiro atoms. The fourth-order valence-electron chi connectivity index (χ4n) is 5.67. The summed E-state index contributed by atoms with van der Waals surface area (Å²) in [4.78, 5) is 43.2. The average Bonchev–Trinajstić information content (AvgIpc) is 3.21. The van der Waals surface area contributed by atoms with Gasteiger partial charge in [-0.15, -0.1) is 0 Å². The van der Waals surface area contributed by atoms with Crippen molar-refractivity contribution in [3.05, 3.63) is 76.8 Å². The summed E-state index contributed by atoms with van der Waals surface area (Å²) in [6, 6.07) is 18.6. The van der Waals surface area contributed by atoms with Crippen LogP contribution in [-0.4, -0.2) is 41.2 Å². The second kappa shape index (κ2) is 11.6. The van der Waals surface area contributed by atoms with Crippen LogP contribution in [0.25, 0.3) is 10.8 Å². The molecule has 1 saturated carbocycles. The van der Waals surface area contributed by atoms with E-state index in [4.69, 9.17) is 11.6 Å². The van der Waals surface area contributed by atoms with Gasteiger partial charge in [0.1, 0.15) is 6.04 Å². The first-order chi connectivity index (χ1) is 18.4. The number of hydrogen-bond acceptors (Lipinski definition) is 3. The van der Waals surface area contributed by atoms with Crippen molar-refractivity contribution in [1.29, 1.82) is 0 Å². The molecule has 1 heterocycles. The van der Waals surface area contributed by atoms with Gasteiger partial charge in [0.15, 0.2) is 0 Å². The minimum absolute atomic E-state index is 0.0255. The summed E-state index contributed by atoms with van der Waals surface area (Å²) in [5.74, 6) is -0.243. The Labute approximate surface area is 228 Å². The van der Waals surface area contributed by atoms with E-state index >= 15 is 0 Å². The molecule has 0 radical (unpaired) electrons. The van der Waals surface area contributed by atoms with Crippen molar-refractivity contribution in [2.24, 2.45) is 0 Å². The van der Waals surface area contributed by atoms with E-state index < -0.39 is 6.04 Å². The second-order valence-electron chi connectivity index (χ2n) is 10.4. The Bertz CT molecular complexity index is 1330. The number of halogens is 1. The molecule has 0 bridgehead atoms. The van der Waals surface area contributed by atoms with Crippen LogP contribution >= 0.6 is 11.6 Å². The Balaban J connectivity index is 1.26. The molecule has 7 heteroatoms. The molecule has 0 saturated heterocycles. The molecule has 1 atom stereocenters. The molecule has 3 aromatic rings. The van der Waals surface area contributed by atoms with Crippen molar-refractivity contribution in [3.8, 4) is 0 Å². The Morgan fingerprint density at radius 1 is 1.03 bits per heavy atom. The first-order valence-corrected chi connectivity index (χ1v) is 14.0. The van der Waals surface area contributed by atoms with Gasteiger partial charge in [0, 0.05) is 41.5 Å². The Morgan fingerprint density at radius 2 is 1.74 bits per heavy atom. The normalized spacial score (nSPS) is 16.1. The first kappa shape index (κ1) is 26.2. The molecule has 3 aromatic carbocycles. The van der Waals surface area contributed by atoms with Gasteiger partial charge in [-0.05, 0) is 61.4 Å². The Kier molecular flexibility index (Phi) is 7.98. The SMILES string of the molecule is C[C@@H](C(=O)NC1CCCCC1)N(Cc1ccc(Cl)cc1)C(=O)CCCN1C(=O)c2cccc3cccc1c23. The molecule has 6 nitrogen and oxygen atoms in total. The van der Waals surface area contributed by atoms with Crippen LogP contribution in [0.3, 0.4) is 0 Å². The summed E-state index contributed by atoms with van der Waals surface area (Å²) < 4.78 is 0. The largest absolute Gasteiger partial charge is 0.352 e. The van der Waals surface area contributed by atoms with E-state index in [0.29, 0.717) is 30.1 Å². The maximum absolute atomic E-state index is 13.5. The molecule has 0 aromatic heterocycles. The molecule has 1 aliphatic heterocycles. The summed E-state index contributed by atoms with van der Waals surface area (Å²) in [7, 11) is 0. The van der Waals surface area contributed by atoms with E-state index in [1.165, 1.54) is 6.42 Å². The first-order valence-electron chi connectivity index (χ1n) is 13.6. The number of carbonyl (C=O) groups is 3. The standard InChI is InChI=1S/C31H34ClN3O3/c1-21(30(37)33-25-10-3-2-4-11-25)35(20-22-15-17-24(32)18-16-22)28(36)14-7-19-34-27-13-6-9-23-8-5-12-26(29(23)27)31(34)38/h5-6,8-9,12-13,15-18,21,25H,2-4,7,10-11,14,19-20H2,1H3,(H,33,37)/t21-/m0/s1. The van der Waals surface area contributed by atoms with Gasteiger partial charge in [-0.25, -0.2) is 0 Å². The number of anilines is 1. The molecule has 0 unspecified atom stereocenters. The third-order valence-electron chi connectivity index (χ3n) is 7.81. The van der Waals surface area contributed by atoms with E-state index in [1.807, 2.05) is 48.5 Å². The van der Waals surface area contributed by atoms with E-state index in [-0.39, 0.29) is 30.2 Å². The number of benzene rings is 3. The summed E-state index contributed by atoms with van der Waals surface area (Å²) >= 11 is 6.06. The molecule has 1 fully saturated rings. The zero-order chi connectivity index (χ0) is 26.6. The zero-order valence-corrected chi connectivity index (χ0v) is 22.5. The van der Waals surface area contributed by atoms with Gasteiger partial charge in [-0.3, -0.25) is 14.4 Å². The summed E-state index contributed by atoms with van der Waals surface area (Å²) in [6.07, 6.45) is 6.18. The number of carbonyl (C=O) groups excluding carboxylic acids is 3. The minimum atomic E-state index is -0.605. The fourth-order valence-corrected chi connectivity index (χ4v) is 5.80. The van der Waals surface area contributed by atoms with Crippen molar-refractivity contribution in [1.82, 2.24) is 10.2 Å². The second-order valence-corrected chi connectivity index (χ2v) is 10.8. The van der Waals surface area contributed by atoms with E-state index in [9.17, 15) is 14.4 Å². The lowest BCUT2D eigenvalue weighted by Crippen LogP contribution is -2.50. The highest BCUT2D eigenvalue weighted by molar-refractivity contribution is 6.30. The molecule has 3 amide bonds. The highest BCUT2D eigenvalue weighted by atomic mass is 35.5. The Morgan fingerprint density at radius 3 is 2.47 bits per heavy atom. The van der Waals surface area contributed by atoms with Crippen LogP contribution in [0.2, 0.25) is 5.02 Å². The lowest BCUT2D eigenvalue weighted by molar-refractivity contribution is -0.141. The number of amides is 3. The number of nitrogens with zero attached hydrogens (tertiary/aromatic N) is 2. The Hall–Kier alpha value is -3.38. The van der Waals surface area contributed by atoms with Gasteiger partial charge < -0.3 is 15.1 Å². The zero-order valence-electron chi connectivity index (χ0n) is 21.8. The van der Waals surface area contributed by atoms with Crippen LogP contribution < -0.4 is 10.2 Å². The molecular formula is C31H34ClN3O3. The fraction of sp³-hybridized carbons (Fsp3) is 0.387. The van der Waals surface area contributed by atoms with Gasteiger partial charge in [0.05, 0.1) is 5.69 Å². The van der Waals surface area contributed by atoms with Crippen LogP contribution in [0.15, 0.2) is 60.7 Å². The number of nitrogens with one attached hydrogen (secondary N) is 1. The highest BCUT2D eigenvalue weighted by Gasteiger charge is 2.31. The van der Waals surface area contributed by atoms with Gasteiger partial charge in [0.2, 0.25) is 11.8 Å². The maximum Gasteiger partial charge on any atom is 0.258 e. The molecule has 5 rings (SSSR count). The van der Waals surface area contributed by atoms with Crippen LogP contribution in [0.5, 0.6) is 0 Å². The predicted molar refractivity (Wildman–Crippen MR) is 151 cm³/mol. The van der Waals surface area contributed by atoms with Gasteiger partial charge >= 0.3 is 0 Å². The third-order valence-corrected chi connectivity index (χ3v) is 8.06. The summed E-state index contributed by atoms with van der Waals surface area (Å²) in [5, 5.41) is 5.81. The van der Waals surface area contributed by atoms with E-state index in [0.717, 1.165) is 47.7 Å². The molecule has 1 aliphatic carbocycles. The van der Waals surface area contributed by atoms with Gasteiger partial charge in [-0.1, -0.05) is 67.3 Å². The van der Waals surface area contributed by atoms with Gasteiger partial charge in [0.25, 0.3) is 5.91 Å². The van der Waals surface area contributed by atoms with Crippen molar-refractivity contribution >= 4 is 45.8 Å². The monoisotopic (exact) mass is 531 g/mol. The van der Waals surface area contributed by atoms with E-state index in [1.54, 1.807) is 28.9 Å². The molecule has 1 N–H and O–H groups in total. The lowest BCUT2D eigenvalue weighted by atomic mass is 9.95. The molecular weight excluding hydrogens is 498 g/mol. The van der Waals surface area contributed by atoms with Crippen LogP contribution in [0.4, 0.5) is 5.69 Å². The minimum Gasteiger partial charge on any atom is -0.352 e. The average molecular weight is 532 g/mol. The number of hydrogen-bond donors (Lipinski definition) is 1. The summed E-state index contributed by atoms with van der Waals surface area (Å²) in [6.45, 7) is 2.56.